The SMILES string of the molecule is COc1ccc(NC(=O)CCSC)cc1OC[C@@H]1CCCO1. The van der Waals surface area contributed by atoms with Crippen LogP contribution in [0.5, 0.6) is 11.5 Å². The van der Waals surface area contributed by atoms with Crippen molar-refractivity contribution in [3.63, 3.8) is 0 Å². The normalized spacial score (nSPS) is 17.3. The van der Waals surface area contributed by atoms with Crippen LogP contribution in [0.3, 0.4) is 0 Å². The molecule has 1 aliphatic rings. The lowest BCUT2D eigenvalue weighted by Gasteiger charge is -2.15. The number of hydrogen-bond acceptors (Lipinski definition) is 5. The Labute approximate surface area is 135 Å². The summed E-state index contributed by atoms with van der Waals surface area (Å²) in [5, 5.41) is 2.88. The zero-order chi connectivity index (χ0) is 15.8. The standard InChI is InChI=1S/C16H23NO4S/c1-19-14-6-5-12(17-16(18)7-9-22-2)10-15(14)21-11-13-4-3-8-20-13/h5-6,10,13H,3-4,7-9,11H2,1-2H3,(H,17,18)/t13-/m0/s1. The molecule has 1 aliphatic heterocycles. The molecule has 0 radical (unpaired) electrons. The minimum atomic E-state index is 0.00425. The van der Waals surface area contributed by atoms with E-state index in [1.54, 1.807) is 31.0 Å². The summed E-state index contributed by atoms with van der Waals surface area (Å²) in [6, 6.07) is 5.41. The molecule has 0 aromatic heterocycles. The minimum absolute atomic E-state index is 0.00425. The molecule has 1 N–H and O–H groups in total. The fourth-order valence-electron chi connectivity index (χ4n) is 2.24. The van der Waals surface area contributed by atoms with E-state index in [9.17, 15) is 4.79 Å². The van der Waals surface area contributed by atoms with Crippen molar-refractivity contribution < 1.29 is 19.0 Å². The van der Waals surface area contributed by atoms with Gasteiger partial charge < -0.3 is 19.5 Å². The minimum Gasteiger partial charge on any atom is -0.493 e. The van der Waals surface area contributed by atoms with Gasteiger partial charge in [-0.25, -0.2) is 0 Å². The summed E-state index contributed by atoms with van der Waals surface area (Å²) in [5.74, 6) is 2.09. The summed E-state index contributed by atoms with van der Waals surface area (Å²) < 4.78 is 16.7. The van der Waals surface area contributed by atoms with Crippen molar-refractivity contribution in [3.8, 4) is 11.5 Å². The Morgan fingerprint density at radius 2 is 2.32 bits per heavy atom. The van der Waals surface area contributed by atoms with Crippen LogP contribution in [-0.4, -0.2) is 44.3 Å². The molecule has 0 saturated carbocycles. The first kappa shape index (κ1) is 17.0. The molecule has 1 saturated heterocycles. The van der Waals surface area contributed by atoms with Gasteiger partial charge in [-0.2, -0.15) is 11.8 Å². The Balaban J connectivity index is 1.96. The average Bonchev–Trinajstić information content (AvgIpc) is 3.04. The first-order valence-electron chi connectivity index (χ1n) is 7.44. The van der Waals surface area contributed by atoms with Crippen molar-refractivity contribution in [2.75, 3.05) is 37.6 Å². The average molecular weight is 325 g/mol. The van der Waals surface area contributed by atoms with Gasteiger partial charge >= 0.3 is 0 Å². The Kier molecular flexibility index (Phi) is 6.86. The molecule has 1 atom stereocenters. The molecule has 1 fully saturated rings. The Morgan fingerprint density at radius 3 is 3.00 bits per heavy atom. The van der Waals surface area contributed by atoms with Crippen LogP contribution in [0.1, 0.15) is 19.3 Å². The first-order valence-corrected chi connectivity index (χ1v) is 8.83. The fourth-order valence-corrected chi connectivity index (χ4v) is 2.63. The smallest absolute Gasteiger partial charge is 0.225 e. The molecular weight excluding hydrogens is 302 g/mol. The van der Waals surface area contributed by atoms with E-state index in [2.05, 4.69) is 5.32 Å². The van der Waals surface area contributed by atoms with Crippen LogP contribution in [0.15, 0.2) is 18.2 Å². The number of anilines is 1. The molecule has 1 amide bonds. The summed E-state index contributed by atoms with van der Waals surface area (Å²) in [7, 11) is 1.60. The third kappa shape index (κ3) is 5.10. The van der Waals surface area contributed by atoms with Gasteiger partial charge in [0.2, 0.25) is 5.91 Å². The number of methoxy groups -OCH3 is 1. The number of carbonyl (C=O) groups excluding carboxylic acids is 1. The van der Waals surface area contributed by atoms with E-state index in [4.69, 9.17) is 14.2 Å². The number of rotatable bonds is 8. The van der Waals surface area contributed by atoms with Crippen molar-refractivity contribution >= 4 is 23.4 Å². The largest absolute Gasteiger partial charge is 0.493 e. The van der Waals surface area contributed by atoms with Crippen molar-refractivity contribution in [1.29, 1.82) is 0 Å². The lowest BCUT2D eigenvalue weighted by Crippen LogP contribution is -2.17. The highest BCUT2D eigenvalue weighted by Crippen LogP contribution is 2.31. The van der Waals surface area contributed by atoms with Gasteiger partial charge in [-0.1, -0.05) is 0 Å². The van der Waals surface area contributed by atoms with E-state index in [0.29, 0.717) is 30.2 Å². The van der Waals surface area contributed by atoms with Gasteiger partial charge in [0.05, 0.1) is 13.2 Å². The maximum Gasteiger partial charge on any atom is 0.225 e. The maximum absolute atomic E-state index is 11.8. The topological polar surface area (TPSA) is 56.8 Å². The van der Waals surface area contributed by atoms with Gasteiger partial charge in [-0.05, 0) is 31.2 Å². The van der Waals surface area contributed by atoms with E-state index >= 15 is 0 Å². The molecule has 6 heteroatoms. The van der Waals surface area contributed by atoms with Gasteiger partial charge in [-0.15, -0.1) is 0 Å². The third-order valence-corrected chi connectivity index (χ3v) is 4.04. The predicted octanol–water partition coefficient (Wildman–Crippen LogP) is 2.94. The third-order valence-electron chi connectivity index (χ3n) is 3.43. The Bertz CT molecular complexity index is 489. The molecule has 0 spiro atoms. The highest BCUT2D eigenvalue weighted by Gasteiger charge is 2.17. The molecule has 1 aromatic rings. The second-order valence-corrected chi connectivity index (χ2v) is 6.09. The Morgan fingerprint density at radius 1 is 1.45 bits per heavy atom. The molecule has 1 heterocycles. The van der Waals surface area contributed by atoms with E-state index in [1.165, 1.54) is 0 Å². The number of amides is 1. The number of hydrogen-bond donors (Lipinski definition) is 1. The van der Waals surface area contributed by atoms with Crippen LogP contribution >= 0.6 is 11.8 Å². The number of carbonyl (C=O) groups is 1. The summed E-state index contributed by atoms with van der Waals surface area (Å²) in [6.45, 7) is 1.30. The molecule has 122 valence electrons. The van der Waals surface area contributed by atoms with Gasteiger partial charge in [0.1, 0.15) is 6.61 Å². The molecule has 0 unspecified atom stereocenters. The van der Waals surface area contributed by atoms with E-state index in [-0.39, 0.29) is 12.0 Å². The van der Waals surface area contributed by atoms with Crippen molar-refractivity contribution in [2.24, 2.45) is 0 Å². The monoisotopic (exact) mass is 325 g/mol. The summed E-state index contributed by atoms with van der Waals surface area (Å²) in [5.41, 5.74) is 0.717. The number of nitrogens with one attached hydrogen (secondary N) is 1. The van der Waals surface area contributed by atoms with Crippen LogP contribution < -0.4 is 14.8 Å². The van der Waals surface area contributed by atoms with Crippen LogP contribution in [0.4, 0.5) is 5.69 Å². The molecule has 1 aromatic carbocycles. The van der Waals surface area contributed by atoms with Crippen LogP contribution in [0.25, 0.3) is 0 Å². The van der Waals surface area contributed by atoms with E-state index in [0.717, 1.165) is 25.2 Å². The van der Waals surface area contributed by atoms with E-state index < -0.39 is 0 Å². The zero-order valence-electron chi connectivity index (χ0n) is 13.1. The van der Waals surface area contributed by atoms with Gasteiger partial charge in [0, 0.05) is 30.5 Å². The predicted molar refractivity (Wildman–Crippen MR) is 89.1 cm³/mol. The second-order valence-electron chi connectivity index (χ2n) is 5.10. The lowest BCUT2D eigenvalue weighted by molar-refractivity contribution is -0.115. The number of ether oxygens (including phenoxy) is 3. The molecule has 0 aliphatic carbocycles. The summed E-state index contributed by atoms with van der Waals surface area (Å²) >= 11 is 1.65. The fraction of sp³-hybridized carbons (Fsp3) is 0.562. The van der Waals surface area contributed by atoms with Gasteiger partial charge in [0.25, 0.3) is 0 Å². The van der Waals surface area contributed by atoms with E-state index in [1.807, 2.05) is 12.3 Å². The first-order chi connectivity index (χ1) is 10.7. The van der Waals surface area contributed by atoms with Crippen LogP contribution in [0.2, 0.25) is 0 Å². The van der Waals surface area contributed by atoms with Crippen LogP contribution in [-0.2, 0) is 9.53 Å². The summed E-state index contributed by atoms with van der Waals surface area (Å²) in [6.07, 6.45) is 4.73. The molecule has 2 rings (SSSR count). The van der Waals surface area contributed by atoms with Crippen LogP contribution in [0, 0.1) is 0 Å². The molecule has 5 nitrogen and oxygen atoms in total. The maximum atomic E-state index is 11.8. The molecule has 22 heavy (non-hydrogen) atoms. The summed E-state index contributed by atoms with van der Waals surface area (Å²) in [4.78, 5) is 11.8. The highest BCUT2D eigenvalue weighted by atomic mass is 32.2. The zero-order valence-corrected chi connectivity index (χ0v) is 13.9. The molecule has 0 bridgehead atoms. The highest BCUT2D eigenvalue weighted by molar-refractivity contribution is 7.98. The number of benzene rings is 1. The van der Waals surface area contributed by atoms with Gasteiger partial charge in [0.15, 0.2) is 11.5 Å². The molecular formula is C16H23NO4S. The quantitative estimate of drug-likeness (QED) is 0.796. The lowest BCUT2D eigenvalue weighted by atomic mass is 10.2. The van der Waals surface area contributed by atoms with Crippen molar-refractivity contribution in [2.45, 2.75) is 25.4 Å². The second kappa shape index (κ2) is 8.90. The van der Waals surface area contributed by atoms with Crippen molar-refractivity contribution in [3.05, 3.63) is 18.2 Å². The van der Waals surface area contributed by atoms with Crippen molar-refractivity contribution in [1.82, 2.24) is 0 Å². The Hall–Kier alpha value is -1.40. The number of thioether (sulfide) groups is 1. The van der Waals surface area contributed by atoms with Gasteiger partial charge in [-0.3, -0.25) is 4.79 Å².